The van der Waals surface area contributed by atoms with Crippen LogP contribution in [0.1, 0.15) is 24.1 Å². The highest BCUT2D eigenvalue weighted by Crippen LogP contribution is 2.33. The Morgan fingerprint density at radius 3 is 2.44 bits per heavy atom. The monoisotopic (exact) mass is 375 g/mol. The topological polar surface area (TPSA) is 70.2 Å². The van der Waals surface area contributed by atoms with E-state index in [1.54, 1.807) is 30.3 Å². The van der Waals surface area contributed by atoms with Gasteiger partial charge in [0.25, 0.3) is 5.91 Å². The second-order valence-corrected chi connectivity index (χ2v) is 6.01. The maximum Gasteiger partial charge on any atom is 0.416 e. The second-order valence-electron chi connectivity index (χ2n) is 6.01. The van der Waals surface area contributed by atoms with Gasteiger partial charge >= 0.3 is 12.2 Å². The lowest BCUT2D eigenvalue weighted by molar-refractivity contribution is -0.137. The van der Waals surface area contributed by atoms with Crippen molar-refractivity contribution in [3.63, 3.8) is 0 Å². The molecule has 5 nitrogen and oxygen atoms in total. The number of alkyl halides is 3. The number of benzene rings is 2. The maximum atomic E-state index is 13.0. The molecule has 140 valence electrons. The van der Waals surface area contributed by atoms with Gasteiger partial charge in [0.05, 0.1) is 17.2 Å². The van der Waals surface area contributed by atoms with Crippen molar-refractivity contribution < 1.29 is 22.8 Å². The van der Waals surface area contributed by atoms with Crippen LogP contribution in [0.5, 0.6) is 0 Å². The SMILES string of the molecule is CC1=C(C(=O)Nc2ccccc2)C(c2cccc(C(F)(F)F)c2)NC(=O)N1. The molecule has 1 aliphatic rings. The highest BCUT2D eigenvalue weighted by Gasteiger charge is 2.34. The Morgan fingerprint density at radius 1 is 1.07 bits per heavy atom. The summed E-state index contributed by atoms with van der Waals surface area (Å²) in [4.78, 5) is 24.6. The van der Waals surface area contributed by atoms with E-state index < -0.39 is 29.7 Å². The molecule has 8 heteroatoms. The Morgan fingerprint density at radius 2 is 1.78 bits per heavy atom. The van der Waals surface area contributed by atoms with Crippen LogP contribution in [-0.2, 0) is 11.0 Å². The summed E-state index contributed by atoms with van der Waals surface area (Å²) in [5.74, 6) is -0.520. The summed E-state index contributed by atoms with van der Waals surface area (Å²) in [6.07, 6.45) is -4.53. The lowest BCUT2D eigenvalue weighted by Gasteiger charge is -2.29. The molecule has 3 N–H and O–H groups in total. The standard InChI is InChI=1S/C19H16F3N3O2/c1-11-15(17(26)24-14-8-3-2-4-9-14)16(25-18(27)23-11)12-6-5-7-13(10-12)19(20,21)22/h2-10,16H,1H3,(H,24,26)(H2,23,25,27). The molecule has 0 spiro atoms. The van der Waals surface area contributed by atoms with E-state index >= 15 is 0 Å². The molecule has 3 amide bonds. The molecule has 0 aromatic heterocycles. The van der Waals surface area contributed by atoms with Crippen molar-refractivity contribution in [2.45, 2.75) is 19.1 Å². The minimum Gasteiger partial charge on any atom is -0.327 e. The van der Waals surface area contributed by atoms with Crippen molar-refractivity contribution in [1.29, 1.82) is 0 Å². The molecule has 0 fully saturated rings. The number of rotatable bonds is 3. The highest BCUT2D eigenvalue weighted by atomic mass is 19.4. The third-order valence-electron chi connectivity index (χ3n) is 4.09. The number of carbonyl (C=O) groups excluding carboxylic acids is 2. The van der Waals surface area contributed by atoms with Crippen LogP contribution >= 0.6 is 0 Å². The molecule has 1 heterocycles. The molecular formula is C19H16F3N3O2. The molecule has 1 atom stereocenters. The van der Waals surface area contributed by atoms with Gasteiger partial charge in [-0.15, -0.1) is 0 Å². The van der Waals surface area contributed by atoms with E-state index in [0.29, 0.717) is 5.69 Å². The fraction of sp³-hybridized carbons (Fsp3) is 0.158. The Hall–Kier alpha value is -3.29. The van der Waals surface area contributed by atoms with Gasteiger partial charge in [0.2, 0.25) is 0 Å². The number of carbonyl (C=O) groups is 2. The molecule has 0 bridgehead atoms. The van der Waals surface area contributed by atoms with Gasteiger partial charge < -0.3 is 16.0 Å². The average molecular weight is 375 g/mol. The minimum absolute atomic E-state index is 0.137. The number of para-hydroxylation sites is 1. The summed E-state index contributed by atoms with van der Waals surface area (Å²) in [5, 5.41) is 7.70. The minimum atomic E-state index is -4.53. The Balaban J connectivity index is 1.98. The highest BCUT2D eigenvalue weighted by molar-refractivity contribution is 6.06. The van der Waals surface area contributed by atoms with E-state index in [2.05, 4.69) is 16.0 Å². The smallest absolute Gasteiger partial charge is 0.327 e. The third-order valence-corrected chi connectivity index (χ3v) is 4.09. The van der Waals surface area contributed by atoms with Crippen LogP contribution in [-0.4, -0.2) is 11.9 Å². The third kappa shape index (κ3) is 4.11. The van der Waals surface area contributed by atoms with E-state index in [1.807, 2.05) is 0 Å². The maximum absolute atomic E-state index is 13.0. The quantitative estimate of drug-likeness (QED) is 0.760. The van der Waals surface area contributed by atoms with Crippen LogP contribution in [0.25, 0.3) is 0 Å². The first-order chi connectivity index (χ1) is 12.8. The molecule has 27 heavy (non-hydrogen) atoms. The summed E-state index contributed by atoms with van der Waals surface area (Å²) in [6.45, 7) is 1.53. The number of amides is 3. The van der Waals surface area contributed by atoms with Crippen molar-refractivity contribution in [2.24, 2.45) is 0 Å². The number of hydrogen-bond acceptors (Lipinski definition) is 2. The number of halogens is 3. The Labute approximate surface area is 153 Å². The van der Waals surface area contributed by atoms with Gasteiger partial charge in [0.15, 0.2) is 0 Å². The fourth-order valence-corrected chi connectivity index (χ4v) is 2.86. The van der Waals surface area contributed by atoms with Crippen molar-refractivity contribution in [1.82, 2.24) is 10.6 Å². The zero-order valence-electron chi connectivity index (χ0n) is 14.2. The van der Waals surface area contributed by atoms with Gasteiger partial charge in [-0.05, 0) is 36.8 Å². The van der Waals surface area contributed by atoms with Crippen LogP contribution in [0.2, 0.25) is 0 Å². The molecule has 0 radical (unpaired) electrons. The summed E-state index contributed by atoms with van der Waals surface area (Å²) in [7, 11) is 0. The lowest BCUT2D eigenvalue weighted by atomic mass is 9.93. The second kappa shape index (κ2) is 7.14. The summed E-state index contributed by atoms with van der Waals surface area (Å²) in [6, 6.07) is 11.6. The predicted octanol–water partition coefficient (Wildman–Crippen LogP) is 3.97. The van der Waals surface area contributed by atoms with E-state index in [1.165, 1.54) is 19.1 Å². The zero-order chi connectivity index (χ0) is 19.6. The van der Waals surface area contributed by atoms with E-state index in [0.717, 1.165) is 12.1 Å². The molecule has 1 unspecified atom stereocenters. The summed E-state index contributed by atoms with van der Waals surface area (Å²) >= 11 is 0. The Bertz CT molecular complexity index is 908. The van der Waals surface area contributed by atoms with Crippen LogP contribution in [0.4, 0.5) is 23.7 Å². The first-order valence-electron chi connectivity index (χ1n) is 8.07. The number of anilines is 1. The van der Waals surface area contributed by atoms with Crippen LogP contribution in [0.15, 0.2) is 65.9 Å². The molecule has 2 aromatic carbocycles. The normalized spacial score (nSPS) is 17.2. The first-order valence-corrected chi connectivity index (χ1v) is 8.07. The average Bonchev–Trinajstić information content (AvgIpc) is 2.61. The van der Waals surface area contributed by atoms with Gasteiger partial charge in [-0.25, -0.2) is 4.79 Å². The zero-order valence-corrected chi connectivity index (χ0v) is 14.2. The first kappa shape index (κ1) is 18.5. The van der Waals surface area contributed by atoms with Gasteiger partial charge in [-0.1, -0.05) is 30.3 Å². The van der Waals surface area contributed by atoms with E-state index in [4.69, 9.17) is 0 Å². The van der Waals surface area contributed by atoms with Gasteiger partial charge in [-0.3, -0.25) is 4.79 Å². The van der Waals surface area contributed by atoms with Crippen molar-refractivity contribution in [2.75, 3.05) is 5.32 Å². The molecular weight excluding hydrogens is 359 g/mol. The summed E-state index contributed by atoms with van der Waals surface area (Å²) < 4.78 is 39.1. The van der Waals surface area contributed by atoms with Crippen molar-refractivity contribution in [3.05, 3.63) is 77.0 Å². The number of urea groups is 1. The molecule has 3 rings (SSSR count). The number of hydrogen-bond donors (Lipinski definition) is 3. The van der Waals surface area contributed by atoms with Crippen molar-refractivity contribution in [3.8, 4) is 0 Å². The van der Waals surface area contributed by atoms with Crippen LogP contribution < -0.4 is 16.0 Å². The van der Waals surface area contributed by atoms with Crippen molar-refractivity contribution >= 4 is 17.6 Å². The number of allylic oxidation sites excluding steroid dienone is 1. The molecule has 0 saturated carbocycles. The van der Waals surface area contributed by atoms with Crippen LogP contribution in [0, 0.1) is 0 Å². The molecule has 1 aliphatic heterocycles. The van der Waals surface area contributed by atoms with Gasteiger partial charge in [-0.2, -0.15) is 13.2 Å². The van der Waals surface area contributed by atoms with Gasteiger partial charge in [0, 0.05) is 11.4 Å². The molecule has 0 saturated heterocycles. The largest absolute Gasteiger partial charge is 0.416 e. The van der Waals surface area contributed by atoms with E-state index in [-0.39, 0.29) is 16.8 Å². The summed E-state index contributed by atoms with van der Waals surface area (Å²) in [5.41, 5.74) is 0.250. The van der Waals surface area contributed by atoms with E-state index in [9.17, 15) is 22.8 Å². The lowest BCUT2D eigenvalue weighted by Crippen LogP contribution is -2.46. The predicted molar refractivity (Wildman–Crippen MR) is 93.6 cm³/mol. The Kier molecular flexibility index (Phi) is 4.89. The molecule has 2 aromatic rings. The molecule has 0 aliphatic carbocycles. The van der Waals surface area contributed by atoms with Crippen LogP contribution in [0.3, 0.4) is 0 Å². The fourth-order valence-electron chi connectivity index (χ4n) is 2.86. The van der Waals surface area contributed by atoms with Gasteiger partial charge in [0.1, 0.15) is 0 Å². The number of nitrogens with one attached hydrogen (secondary N) is 3.